The predicted octanol–water partition coefficient (Wildman–Crippen LogP) is 1.81. The molecule has 1 saturated heterocycles. The van der Waals surface area contributed by atoms with E-state index in [4.69, 9.17) is 4.42 Å². The first-order valence-corrected chi connectivity index (χ1v) is 6.04. The lowest BCUT2D eigenvalue weighted by molar-refractivity contribution is -0.143. The van der Waals surface area contributed by atoms with Crippen LogP contribution in [0.15, 0.2) is 10.8 Å². The largest absolute Gasteiger partial charge is 0.480 e. The fourth-order valence-electron chi connectivity index (χ4n) is 2.31. The summed E-state index contributed by atoms with van der Waals surface area (Å²) >= 11 is 0. The lowest BCUT2D eigenvalue weighted by Gasteiger charge is -2.25. The second kappa shape index (κ2) is 5.31. The van der Waals surface area contributed by atoms with Gasteiger partial charge in [0.1, 0.15) is 11.8 Å². The highest BCUT2D eigenvalue weighted by molar-refractivity contribution is 5.73. The van der Waals surface area contributed by atoms with Gasteiger partial charge in [-0.3, -0.25) is 9.69 Å². The second-order valence-electron chi connectivity index (χ2n) is 4.53. The molecule has 1 N–H and O–H groups in total. The van der Waals surface area contributed by atoms with Crippen molar-refractivity contribution in [1.82, 2.24) is 9.88 Å². The molecule has 0 aromatic carbocycles. The molecule has 0 saturated carbocycles. The van der Waals surface area contributed by atoms with Gasteiger partial charge in [-0.2, -0.15) is 0 Å². The molecule has 0 aliphatic carbocycles. The molecule has 1 unspecified atom stereocenters. The first-order chi connectivity index (χ1) is 8.18. The molecule has 5 heteroatoms. The average Bonchev–Trinajstić information content (AvgIpc) is 2.55. The monoisotopic (exact) mass is 238 g/mol. The summed E-state index contributed by atoms with van der Waals surface area (Å²) in [5.74, 6) is 0.0476. The third-order valence-corrected chi connectivity index (χ3v) is 3.35. The molecule has 5 nitrogen and oxygen atoms in total. The predicted molar refractivity (Wildman–Crippen MR) is 61.5 cm³/mol. The SMILES string of the molecule is Cc1ocnc1CN1CCCCCC1C(=O)O. The molecule has 0 bridgehead atoms. The molecule has 1 aromatic rings. The van der Waals surface area contributed by atoms with E-state index in [0.717, 1.165) is 43.7 Å². The third-order valence-electron chi connectivity index (χ3n) is 3.35. The average molecular weight is 238 g/mol. The molecule has 2 rings (SSSR count). The van der Waals surface area contributed by atoms with Crippen molar-refractivity contribution in [2.24, 2.45) is 0 Å². The molecular formula is C12H18N2O3. The first-order valence-electron chi connectivity index (χ1n) is 6.04. The van der Waals surface area contributed by atoms with Crippen LogP contribution in [0.1, 0.15) is 37.1 Å². The van der Waals surface area contributed by atoms with Crippen molar-refractivity contribution in [2.75, 3.05) is 6.54 Å². The van der Waals surface area contributed by atoms with Gasteiger partial charge in [0.25, 0.3) is 0 Å². The minimum absolute atomic E-state index is 0.381. The number of carbonyl (C=O) groups is 1. The second-order valence-corrected chi connectivity index (χ2v) is 4.53. The normalized spacial score (nSPS) is 22.3. The van der Waals surface area contributed by atoms with Gasteiger partial charge in [-0.25, -0.2) is 4.98 Å². The number of hydrogen-bond acceptors (Lipinski definition) is 4. The number of carboxylic acid groups (broad SMARTS) is 1. The molecule has 0 radical (unpaired) electrons. The Balaban J connectivity index is 2.10. The van der Waals surface area contributed by atoms with Gasteiger partial charge in [0, 0.05) is 6.54 Å². The Morgan fingerprint density at radius 2 is 2.41 bits per heavy atom. The molecule has 0 spiro atoms. The van der Waals surface area contributed by atoms with Crippen molar-refractivity contribution in [3.63, 3.8) is 0 Å². The van der Waals surface area contributed by atoms with Gasteiger partial charge in [0.15, 0.2) is 6.39 Å². The van der Waals surface area contributed by atoms with Crippen molar-refractivity contribution in [3.8, 4) is 0 Å². The Morgan fingerprint density at radius 3 is 3.06 bits per heavy atom. The Labute approximate surface area is 100 Å². The highest BCUT2D eigenvalue weighted by Gasteiger charge is 2.27. The van der Waals surface area contributed by atoms with Crippen LogP contribution in [-0.4, -0.2) is 33.5 Å². The number of oxazole rings is 1. The highest BCUT2D eigenvalue weighted by atomic mass is 16.4. The minimum atomic E-state index is -0.729. The highest BCUT2D eigenvalue weighted by Crippen LogP contribution is 2.20. The summed E-state index contributed by atoms with van der Waals surface area (Å²) in [6.45, 7) is 3.25. The summed E-state index contributed by atoms with van der Waals surface area (Å²) in [6, 6.07) is -0.381. The van der Waals surface area contributed by atoms with Crippen LogP contribution in [0.2, 0.25) is 0 Å². The molecular weight excluding hydrogens is 220 g/mol. The van der Waals surface area contributed by atoms with Crippen LogP contribution in [0.25, 0.3) is 0 Å². The van der Waals surface area contributed by atoms with E-state index >= 15 is 0 Å². The van der Waals surface area contributed by atoms with Gasteiger partial charge in [-0.1, -0.05) is 12.8 Å². The van der Waals surface area contributed by atoms with Gasteiger partial charge in [-0.15, -0.1) is 0 Å². The Kier molecular flexibility index (Phi) is 3.78. The van der Waals surface area contributed by atoms with E-state index in [1.54, 1.807) is 0 Å². The zero-order valence-electron chi connectivity index (χ0n) is 10.1. The zero-order chi connectivity index (χ0) is 12.3. The van der Waals surface area contributed by atoms with Crippen LogP contribution >= 0.6 is 0 Å². The first kappa shape index (κ1) is 12.1. The summed E-state index contributed by atoms with van der Waals surface area (Å²) in [5.41, 5.74) is 0.846. The molecule has 94 valence electrons. The van der Waals surface area contributed by atoms with Crippen molar-refractivity contribution in [1.29, 1.82) is 0 Å². The van der Waals surface area contributed by atoms with Gasteiger partial charge in [0.05, 0.1) is 5.69 Å². The zero-order valence-corrected chi connectivity index (χ0v) is 10.1. The van der Waals surface area contributed by atoms with E-state index in [2.05, 4.69) is 4.98 Å². The van der Waals surface area contributed by atoms with E-state index in [9.17, 15) is 9.90 Å². The molecule has 1 aliphatic heterocycles. The molecule has 1 aromatic heterocycles. The lowest BCUT2D eigenvalue weighted by atomic mass is 10.1. The fourth-order valence-corrected chi connectivity index (χ4v) is 2.31. The minimum Gasteiger partial charge on any atom is -0.480 e. The van der Waals surface area contributed by atoms with Crippen LogP contribution in [0.4, 0.5) is 0 Å². The standard InChI is InChI=1S/C12H18N2O3/c1-9-10(13-8-17-9)7-14-6-4-2-3-5-11(14)12(15)16/h8,11H,2-7H2,1H3,(H,15,16). The number of nitrogens with zero attached hydrogens (tertiary/aromatic N) is 2. The van der Waals surface area contributed by atoms with Crippen molar-refractivity contribution < 1.29 is 14.3 Å². The van der Waals surface area contributed by atoms with E-state index in [1.807, 2.05) is 11.8 Å². The smallest absolute Gasteiger partial charge is 0.320 e. The summed E-state index contributed by atoms with van der Waals surface area (Å²) in [7, 11) is 0. The molecule has 1 aliphatic rings. The van der Waals surface area contributed by atoms with Crippen LogP contribution in [0, 0.1) is 6.92 Å². The molecule has 1 atom stereocenters. The maximum absolute atomic E-state index is 11.2. The maximum atomic E-state index is 11.2. The molecule has 0 amide bonds. The number of rotatable bonds is 3. The van der Waals surface area contributed by atoms with E-state index < -0.39 is 5.97 Å². The van der Waals surface area contributed by atoms with Crippen molar-refractivity contribution in [2.45, 2.75) is 45.2 Å². The maximum Gasteiger partial charge on any atom is 0.320 e. The van der Waals surface area contributed by atoms with Gasteiger partial charge >= 0.3 is 5.97 Å². The summed E-state index contributed by atoms with van der Waals surface area (Å²) in [6.07, 6.45) is 5.30. The van der Waals surface area contributed by atoms with Crippen LogP contribution in [-0.2, 0) is 11.3 Å². The Bertz CT molecular complexity index is 389. The van der Waals surface area contributed by atoms with Gasteiger partial charge < -0.3 is 9.52 Å². The molecule has 1 fully saturated rings. The number of aromatic nitrogens is 1. The number of carboxylic acids is 1. The quantitative estimate of drug-likeness (QED) is 0.870. The topological polar surface area (TPSA) is 66.6 Å². The van der Waals surface area contributed by atoms with Crippen LogP contribution < -0.4 is 0 Å². The fraction of sp³-hybridized carbons (Fsp3) is 0.667. The molecule has 2 heterocycles. The van der Waals surface area contributed by atoms with E-state index in [1.165, 1.54) is 6.39 Å². The summed E-state index contributed by atoms with van der Waals surface area (Å²) in [5, 5.41) is 9.25. The van der Waals surface area contributed by atoms with Gasteiger partial charge in [0.2, 0.25) is 0 Å². The van der Waals surface area contributed by atoms with Crippen molar-refractivity contribution >= 4 is 5.97 Å². The van der Waals surface area contributed by atoms with Crippen LogP contribution in [0.3, 0.4) is 0 Å². The molecule has 17 heavy (non-hydrogen) atoms. The number of hydrogen-bond donors (Lipinski definition) is 1. The van der Waals surface area contributed by atoms with E-state index in [0.29, 0.717) is 6.54 Å². The third kappa shape index (κ3) is 2.85. The van der Waals surface area contributed by atoms with Crippen molar-refractivity contribution in [3.05, 3.63) is 17.8 Å². The Morgan fingerprint density at radius 1 is 1.59 bits per heavy atom. The number of likely N-dealkylation sites (tertiary alicyclic amines) is 1. The number of aliphatic carboxylic acids is 1. The number of aryl methyl sites for hydroxylation is 1. The van der Waals surface area contributed by atoms with Crippen LogP contribution in [0.5, 0.6) is 0 Å². The van der Waals surface area contributed by atoms with E-state index in [-0.39, 0.29) is 6.04 Å². The summed E-state index contributed by atoms with van der Waals surface area (Å²) in [4.78, 5) is 17.4. The Hall–Kier alpha value is -1.36. The summed E-state index contributed by atoms with van der Waals surface area (Å²) < 4.78 is 5.15. The lowest BCUT2D eigenvalue weighted by Crippen LogP contribution is -2.40. The van der Waals surface area contributed by atoms with Gasteiger partial charge in [-0.05, 0) is 26.3 Å².